The molecule has 1 N–H and O–H groups in total. The number of ether oxygens (including phenoxy) is 1. The van der Waals surface area contributed by atoms with Gasteiger partial charge >= 0.3 is 11.9 Å². The fraction of sp³-hybridized carbons (Fsp3) is 0.273. The molecule has 2 aromatic rings. The van der Waals surface area contributed by atoms with Crippen molar-refractivity contribution in [2.75, 3.05) is 43.2 Å². The largest absolute Gasteiger partial charge is 0.379 e. The lowest BCUT2D eigenvalue weighted by molar-refractivity contribution is -0.114. The maximum absolute atomic E-state index is 12.5. The highest BCUT2D eigenvalue weighted by molar-refractivity contribution is 6.52. The van der Waals surface area contributed by atoms with Crippen molar-refractivity contribution in [1.29, 1.82) is 0 Å². The Morgan fingerprint density at radius 2 is 1.87 bits per heavy atom. The van der Waals surface area contributed by atoms with E-state index in [1.165, 1.54) is 17.2 Å². The maximum Gasteiger partial charge on any atom is 0.345 e. The minimum absolute atomic E-state index is 0.286. The van der Waals surface area contributed by atoms with Crippen LogP contribution in [0.25, 0.3) is 0 Å². The second-order valence-corrected chi connectivity index (χ2v) is 7.27. The number of aliphatic imine (C=N–C) groups is 1. The van der Waals surface area contributed by atoms with Crippen LogP contribution in [0.15, 0.2) is 47.5 Å². The highest BCUT2D eigenvalue weighted by Crippen LogP contribution is 2.31. The first-order chi connectivity index (χ1) is 14.5. The zero-order valence-corrected chi connectivity index (χ0v) is 16.6. The average molecular weight is 406 g/mol. The topological polar surface area (TPSA) is 91.3 Å². The van der Waals surface area contributed by atoms with Gasteiger partial charge in [-0.3, -0.25) is 19.4 Å². The first-order valence-corrected chi connectivity index (χ1v) is 9.73. The van der Waals surface area contributed by atoms with Crippen LogP contribution in [-0.4, -0.2) is 61.8 Å². The normalized spacial score (nSPS) is 16.9. The summed E-state index contributed by atoms with van der Waals surface area (Å²) >= 11 is 0. The quantitative estimate of drug-likeness (QED) is 0.622. The molecule has 2 aromatic carbocycles. The number of fused-ring (bicyclic) bond motifs is 1. The third kappa shape index (κ3) is 4.29. The van der Waals surface area contributed by atoms with Crippen LogP contribution >= 0.6 is 0 Å². The van der Waals surface area contributed by atoms with Gasteiger partial charge in [-0.2, -0.15) is 0 Å². The number of Topliss-reactive ketones (excluding diaryl/α,β-unsaturated/α-hetero) is 1. The lowest BCUT2D eigenvalue weighted by Gasteiger charge is -2.30. The molecule has 0 atom stereocenters. The predicted molar refractivity (Wildman–Crippen MR) is 113 cm³/mol. The van der Waals surface area contributed by atoms with Gasteiger partial charge in [0.05, 0.1) is 31.1 Å². The van der Waals surface area contributed by atoms with E-state index in [0.717, 1.165) is 11.1 Å². The second-order valence-electron chi connectivity index (χ2n) is 7.27. The van der Waals surface area contributed by atoms with Crippen molar-refractivity contribution >= 4 is 35.3 Å². The van der Waals surface area contributed by atoms with E-state index in [4.69, 9.17) is 4.74 Å². The number of ketones is 1. The van der Waals surface area contributed by atoms with Crippen molar-refractivity contribution in [2.45, 2.75) is 6.92 Å². The molecule has 1 saturated heterocycles. The Morgan fingerprint density at radius 1 is 1.13 bits per heavy atom. The van der Waals surface area contributed by atoms with Gasteiger partial charge in [-0.1, -0.05) is 29.8 Å². The van der Waals surface area contributed by atoms with E-state index in [0.29, 0.717) is 44.3 Å². The summed E-state index contributed by atoms with van der Waals surface area (Å²) in [5.74, 6) is -1.13. The summed E-state index contributed by atoms with van der Waals surface area (Å²) in [5, 5.41) is 2.64. The van der Waals surface area contributed by atoms with Crippen molar-refractivity contribution in [2.24, 2.45) is 4.99 Å². The second kappa shape index (κ2) is 8.56. The summed E-state index contributed by atoms with van der Waals surface area (Å²) in [7, 11) is 0. The summed E-state index contributed by atoms with van der Waals surface area (Å²) < 4.78 is 5.32. The number of aryl methyl sites for hydroxylation is 1. The van der Waals surface area contributed by atoms with Gasteiger partial charge in [-0.05, 0) is 30.7 Å². The van der Waals surface area contributed by atoms with E-state index < -0.39 is 17.7 Å². The van der Waals surface area contributed by atoms with E-state index in [2.05, 4.69) is 15.2 Å². The maximum atomic E-state index is 12.5. The number of carbonyl (C=O) groups is 3. The smallest absolute Gasteiger partial charge is 0.345 e. The molecule has 0 saturated carbocycles. The van der Waals surface area contributed by atoms with Gasteiger partial charge in [0, 0.05) is 25.0 Å². The van der Waals surface area contributed by atoms with E-state index in [1.54, 1.807) is 12.1 Å². The number of hydrogen-bond acceptors (Lipinski definition) is 5. The van der Waals surface area contributed by atoms with E-state index >= 15 is 0 Å². The van der Waals surface area contributed by atoms with E-state index in [-0.39, 0.29) is 5.56 Å². The molecule has 0 bridgehead atoms. The van der Waals surface area contributed by atoms with Gasteiger partial charge in [-0.15, -0.1) is 0 Å². The molecule has 154 valence electrons. The fourth-order valence-electron chi connectivity index (χ4n) is 3.40. The summed E-state index contributed by atoms with van der Waals surface area (Å²) in [4.78, 5) is 44.5. The number of nitrogens with one attached hydrogen (secondary N) is 1. The molecule has 0 spiro atoms. The number of rotatable bonds is 4. The molecule has 8 nitrogen and oxygen atoms in total. The minimum atomic E-state index is -0.572. The summed E-state index contributed by atoms with van der Waals surface area (Å²) in [6, 6.07) is 11.9. The van der Waals surface area contributed by atoms with Gasteiger partial charge in [0.15, 0.2) is 0 Å². The molecule has 2 aliphatic rings. The van der Waals surface area contributed by atoms with Crippen molar-refractivity contribution in [3.05, 3.63) is 59.2 Å². The molecule has 8 heteroatoms. The molecular formula is C22H22N4O4. The van der Waals surface area contributed by atoms with Gasteiger partial charge < -0.3 is 10.1 Å². The Labute approximate surface area is 174 Å². The molecule has 1 fully saturated rings. The molecule has 0 unspecified atom stereocenters. The van der Waals surface area contributed by atoms with Crippen molar-refractivity contribution in [3.63, 3.8) is 0 Å². The number of anilines is 2. The highest BCUT2D eigenvalue weighted by Gasteiger charge is 2.37. The molecule has 0 aromatic heterocycles. The summed E-state index contributed by atoms with van der Waals surface area (Å²) in [6.07, 6.45) is 1.47. The number of carbonyl (C=O) groups excluding carboxylic acids is 3. The Balaban J connectivity index is 1.45. The molecule has 4 rings (SSSR count). The van der Waals surface area contributed by atoms with Crippen molar-refractivity contribution in [1.82, 2.24) is 4.90 Å². The van der Waals surface area contributed by atoms with Crippen molar-refractivity contribution in [3.8, 4) is 0 Å². The molecule has 3 amide bonds. The predicted octanol–water partition coefficient (Wildman–Crippen LogP) is 2.47. The SMILES string of the molecule is Cc1ccc(/C=N/C(=O)Nc2ccc3c(c2)C(=O)C(=O)N3CN2CCOCC2)cc1. The number of urea groups is 1. The number of hydrogen-bond donors (Lipinski definition) is 1. The molecule has 30 heavy (non-hydrogen) atoms. The fourth-order valence-corrected chi connectivity index (χ4v) is 3.40. The highest BCUT2D eigenvalue weighted by atomic mass is 16.5. The van der Waals surface area contributed by atoms with Crippen molar-refractivity contribution < 1.29 is 19.1 Å². The third-order valence-electron chi connectivity index (χ3n) is 5.08. The standard InChI is InChI=1S/C22H22N4O4/c1-15-2-4-16(5-3-15)13-23-22(29)24-17-6-7-19-18(12-17)20(27)21(28)26(19)14-25-8-10-30-11-9-25/h2-7,12-13H,8-11,14H2,1H3,(H,24,29)/b23-13+. The zero-order valence-electron chi connectivity index (χ0n) is 16.6. The number of amides is 3. The third-order valence-corrected chi connectivity index (χ3v) is 5.08. The van der Waals surface area contributed by atoms with E-state index in [1.807, 2.05) is 31.2 Å². The molecule has 0 aliphatic carbocycles. The number of nitrogens with zero attached hydrogens (tertiary/aromatic N) is 3. The lowest BCUT2D eigenvalue weighted by atomic mass is 10.1. The van der Waals surface area contributed by atoms with Gasteiger partial charge in [-0.25, -0.2) is 9.79 Å². The molecular weight excluding hydrogens is 384 g/mol. The van der Waals surface area contributed by atoms with Crippen LogP contribution < -0.4 is 10.2 Å². The van der Waals surface area contributed by atoms with Crippen LogP contribution in [-0.2, 0) is 9.53 Å². The molecule has 2 heterocycles. The molecule has 0 radical (unpaired) electrons. The first kappa shape index (κ1) is 19.9. The van der Waals surface area contributed by atoms with Crippen LogP contribution in [0.2, 0.25) is 0 Å². The number of benzene rings is 2. The Kier molecular flexibility index (Phi) is 5.69. The van der Waals surface area contributed by atoms with Gasteiger partial charge in [0.25, 0.3) is 5.78 Å². The van der Waals surface area contributed by atoms with Gasteiger partial charge in [0.2, 0.25) is 0 Å². The van der Waals surface area contributed by atoms with Gasteiger partial charge in [0.1, 0.15) is 0 Å². The number of morpholine rings is 1. The average Bonchev–Trinajstić information content (AvgIpc) is 2.99. The van der Waals surface area contributed by atoms with Crippen LogP contribution in [0.5, 0.6) is 0 Å². The van der Waals surface area contributed by atoms with Crippen LogP contribution in [0.1, 0.15) is 21.5 Å². The summed E-state index contributed by atoms with van der Waals surface area (Å²) in [5.41, 5.74) is 3.18. The Morgan fingerprint density at radius 3 is 2.60 bits per heavy atom. The lowest BCUT2D eigenvalue weighted by Crippen LogP contribution is -2.45. The summed E-state index contributed by atoms with van der Waals surface area (Å²) in [6.45, 7) is 4.96. The monoisotopic (exact) mass is 406 g/mol. The van der Waals surface area contributed by atoms with Crippen LogP contribution in [0.3, 0.4) is 0 Å². The van der Waals surface area contributed by atoms with Crippen LogP contribution in [0.4, 0.5) is 16.2 Å². The van der Waals surface area contributed by atoms with E-state index in [9.17, 15) is 14.4 Å². The zero-order chi connectivity index (χ0) is 21.1. The molecule has 2 aliphatic heterocycles. The Bertz CT molecular complexity index is 1010. The first-order valence-electron chi connectivity index (χ1n) is 9.73. The van der Waals surface area contributed by atoms with Crippen LogP contribution in [0, 0.1) is 6.92 Å². The Hall–Kier alpha value is -3.36. The minimum Gasteiger partial charge on any atom is -0.379 e.